The molecule has 1 aromatic carbocycles. The molecule has 0 spiro atoms. The minimum absolute atomic E-state index is 0.159. The number of nitrogen functional groups attached to an aromatic ring is 1. The van der Waals surface area contributed by atoms with Crippen molar-refractivity contribution in [3.63, 3.8) is 0 Å². The summed E-state index contributed by atoms with van der Waals surface area (Å²) in [6.45, 7) is 7.74. The molecule has 0 radical (unpaired) electrons. The summed E-state index contributed by atoms with van der Waals surface area (Å²) < 4.78 is 15.1. The van der Waals surface area contributed by atoms with E-state index in [0.717, 1.165) is 16.8 Å². The maximum atomic E-state index is 12.3. The topological polar surface area (TPSA) is 80.9 Å². The fourth-order valence-electron chi connectivity index (χ4n) is 1.97. The van der Waals surface area contributed by atoms with E-state index in [9.17, 15) is 4.21 Å². The normalized spacial score (nSPS) is 14.5. The molecule has 0 fully saturated rings. The minimum atomic E-state index is -1.18. The Morgan fingerprint density at radius 3 is 2.41 bits per heavy atom. The fraction of sp³-hybridized carbons (Fsp3) is 0.375. The van der Waals surface area contributed by atoms with Gasteiger partial charge in [-0.25, -0.2) is 8.93 Å². The maximum Gasteiger partial charge on any atom is 0.146 e. The zero-order chi connectivity index (χ0) is 16.3. The van der Waals surface area contributed by atoms with Crippen LogP contribution in [0.25, 0.3) is 11.3 Å². The van der Waals surface area contributed by atoms with Gasteiger partial charge >= 0.3 is 0 Å². The zero-order valence-corrected chi connectivity index (χ0v) is 14.1. The van der Waals surface area contributed by atoms with Gasteiger partial charge in [0.2, 0.25) is 0 Å². The lowest BCUT2D eigenvalue weighted by Crippen LogP contribution is -2.35. The smallest absolute Gasteiger partial charge is 0.146 e. The highest BCUT2D eigenvalue weighted by Gasteiger charge is 2.23. The second kappa shape index (κ2) is 6.54. The summed E-state index contributed by atoms with van der Waals surface area (Å²) in [6, 6.07) is 11.4. The molecule has 0 aliphatic carbocycles. The van der Waals surface area contributed by atoms with Gasteiger partial charge in [0.15, 0.2) is 0 Å². The van der Waals surface area contributed by atoms with Crippen LogP contribution in [-0.4, -0.2) is 19.2 Å². The molecule has 3 N–H and O–H groups in total. The third-order valence-corrected chi connectivity index (χ3v) is 4.88. The predicted octanol–water partition coefficient (Wildman–Crippen LogP) is 2.84. The van der Waals surface area contributed by atoms with Crippen molar-refractivity contribution >= 4 is 16.8 Å². The standard InChI is InChI=1S/C16H22N4OS/c1-11(20-22(21)16(2,3)4)13-10-14(17)18-19-15(13)12-8-6-5-7-9-12/h5-11,20H,1-4H3,(H2,17,18). The van der Waals surface area contributed by atoms with Gasteiger partial charge in [-0.05, 0) is 33.8 Å². The Hall–Kier alpha value is -1.79. The molecule has 0 aliphatic rings. The summed E-state index contributed by atoms with van der Waals surface area (Å²) in [5, 5.41) is 8.18. The van der Waals surface area contributed by atoms with Crippen LogP contribution in [0.3, 0.4) is 0 Å². The Kier molecular flexibility index (Phi) is 4.93. The number of hydrogen-bond acceptors (Lipinski definition) is 4. The van der Waals surface area contributed by atoms with Crippen molar-refractivity contribution < 1.29 is 4.21 Å². The Morgan fingerprint density at radius 2 is 1.82 bits per heavy atom. The lowest BCUT2D eigenvalue weighted by Gasteiger charge is -2.23. The predicted molar refractivity (Wildman–Crippen MR) is 91.3 cm³/mol. The molecule has 2 aromatic rings. The van der Waals surface area contributed by atoms with Crippen LogP contribution in [0.2, 0.25) is 0 Å². The van der Waals surface area contributed by atoms with Gasteiger partial charge in [-0.1, -0.05) is 30.3 Å². The molecule has 2 rings (SSSR count). The largest absolute Gasteiger partial charge is 0.382 e. The van der Waals surface area contributed by atoms with E-state index in [0.29, 0.717) is 5.82 Å². The van der Waals surface area contributed by atoms with Crippen molar-refractivity contribution in [1.29, 1.82) is 0 Å². The number of hydrogen-bond donors (Lipinski definition) is 2. The third kappa shape index (κ3) is 3.90. The van der Waals surface area contributed by atoms with Crippen molar-refractivity contribution in [3.8, 4) is 11.3 Å². The molecule has 0 aliphatic heterocycles. The number of nitrogens with one attached hydrogen (secondary N) is 1. The maximum absolute atomic E-state index is 12.3. The molecule has 2 unspecified atom stereocenters. The van der Waals surface area contributed by atoms with E-state index in [-0.39, 0.29) is 10.8 Å². The van der Waals surface area contributed by atoms with Gasteiger partial charge in [-0.2, -0.15) is 0 Å². The Morgan fingerprint density at radius 1 is 1.18 bits per heavy atom. The fourth-order valence-corrected chi connectivity index (χ4v) is 2.77. The number of benzene rings is 1. The molecule has 5 nitrogen and oxygen atoms in total. The number of rotatable bonds is 4. The van der Waals surface area contributed by atoms with Crippen LogP contribution >= 0.6 is 0 Å². The average Bonchev–Trinajstić information content (AvgIpc) is 2.47. The van der Waals surface area contributed by atoms with Crippen molar-refractivity contribution in [2.24, 2.45) is 0 Å². The average molecular weight is 318 g/mol. The van der Waals surface area contributed by atoms with Crippen molar-refractivity contribution in [1.82, 2.24) is 14.9 Å². The van der Waals surface area contributed by atoms with Crippen LogP contribution in [0.15, 0.2) is 36.4 Å². The summed E-state index contributed by atoms with van der Waals surface area (Å²) in [7, 11) is -1.18. The van der Waals surface area contributed by atoms with Crippen molar-refractivity contribution in [2.45, 2.75) is 38.5 Å². The van der Waals surface area contributed by atoms with Crippen LogP contribution in [0.5, 0.6) is 0 Å². The van der Waals surface area contributed by atoms with Crippen molar-refractivity contribution in [3.05, 3.63) is 42.0 Å². The van der Waals surface area contributed by atoms with E-state index in [1.165, 1.54) is 0 Å². The number of aromatic nitrogens is 2. The third-order valence-electron chi connectivity index (χ3n) is 3.20. The van der Waals surface area contributed by atoms with Crippen LogP contribution < -0.4 is 10.5 Å². The van der Waals surface area contributed by atoms with Crippen molar-refractivity contribution in [2.75, 3.05) is 5.73 Å². The molecular formula is C16H22N4OS. The molecule has 1 heterocycles. The first-order valence-corrected chi connectivity index (χ1v) is 8.30. The quantitative estimate of drug-likeness (QED) is 0.908. The van der Waals surface area contributed by atoms with Gasteiger partial charge in [0, 0.05) is 17.2 Å². The molecule has 0 saturated carbocycles. The van der Waals surface area contributed by atoms with Crippen LogP contribution in [-0.2, 0) is 11.0 Å². The Bertz CT molecular complexity index is 668. The van der Waals surface area contributed by atoms with Crippen LogP contribution in [0, 0.1) is 0 Å². The Labute approximate surface area is 133 Å². The molecule has 118 valence electrons. The number of anilines is 1. The molecule has 1 aromatic heterocycles. The van der Waals surface area contributed by atoms with E-state index >= 15 is 0 Å². The lowest BCUT2D eigenvalue weighted by atomic mass is 10.0. The first-order chi connectivity index (χ1) is 10.3. The van der Waals surface area contributed by atoms with Gasteiger partial charge in [-0.3, -0.25) is 0 Å². The van der Waals surface area contributed by atoms with E-state index in [1.54, 1.807) is 6.07 Å². The summed E-state index contributed by atoms with van der Waals surface area (Å²) in [4.78, 5) is 0. The molecule has 22 heavy (non-hydrogen) atoms. The van der Waals surface area contributed by atoms with Crippen LogP contribution in [0.4, 0.5) is 5.82 Å². The highest BCUT2D eigenvalue weighted by atomic mass is 32.2. The van der Waals surface area contributed by atoms with Gasteiger partial charge in [0.1, 0.15) is 5.82 Å². The lowest BCUT2D eigenvalue weighted by molar-refractivity contribution is 0.615. The number of nitrogens with zero attached hydrogens (tertiary/aromatic N) is 2. The first-order valence-electron chi connectivity index (χ1n) is 7.15. The molecule has 0 amide bonds. The zero-order valence-electron chi connectivity index (χ0n) is 13.3. The van der Waals surface area contributed by atoms with E-state index < -0.39 is 11.0 Å². The summed E-state index contributed by atoms with van der Waals surface area (Å²) in [6.07, 6.45) is 0. The summed E-state index contributed by atoms with van der Waals surface area (Å²) in [5.41, 5.74) is 8.38. The second-order valence-corrected chi connectivity index (χ2v) is 8.16. The molecule has 6 heteroatoms. The summed E-state index contributed by atoms with van der Waals surface area (Å²) in [5.74, 6) is 0.352. The Balaban J connectivity index is 2.38. The minimum Gasteiger partial charge on any atom is -0.382 e. The highest BCUT2D eigenvalue weighted by molar-refractivity contribution is 7.84. The SMILES string of the molecule is CC(NS(=O)C(C)(C)C)c1cc(N)nnc1-c1ccccc1. The van der Waals surface area contributed by atoms with Gasteiger partial charge in [-0.15, -0.1) is 10.2 Å². The van der Waals surface area contributed by atoms with Gasteiger partial charge in [0.05, 0.1) is 21.4 Å². The van der Waals surface area contributed by atoms with Gasteiger partial charge in [0.25, 0.3) is 0 Å². The molecule has 0 saturated heterocycles. The van der Waals surface area contributed by atoms with Crippen LogP contribution in [0.1, 0.15) is 39.3 Å². The number of nitrogens with two attached hydrogens (primary N) is 1. The van der Waals surface area contributed by atoms with Gasteiger partial charge < -0.3 is 5.73 Å². The summed E-state index contributed by atoms with van der Waals surface area (Å²) >= 11 is 0. The molecule has 0 bridgehead atoms. The first kappa shape index (κ1) is 16.6. The monoisotopic (exact) mass is 318 g/mol. The van der Waals surface area contributed by atoms with E-state index in [1.807, 2.05) is 58.0 Å². The molecular weight excluding hydrogens is 296 g/mol. The van der Waals surface area contributed by atoms with E-state index in [2.05, 4.69) is 14.9 Å². The van der Waals surface area contributed by atoms with E-state index in [4.69, 9.17) is 5.73 Å². The second-order valence-electron chi connectivity index (χ2n) is 6.16. The highest BCUT2D eigenvalue weighted by Crippen LogP contribution is 2.27. The molecule has 2 atom stereocenters.